The largest absolute Gasteiger partial charge is 0.325 e. The van der Waals surface area contributed by atoms with Crippen molar-refractivity contribution in [1.82, 2.24) is 4.31 Å². The lowest BCUT2D eigenvalue weighted by molar-refractivity contribution is -0.895. The van der Waals surface area contributed by atoms with E-state index in [1.807, 2.05) is 38.1 Å². The number of nitrogens with zero attached hydrogens (tertiary/aromatic N) is 2. The molecule has 1 aliphatic rings. The summed E-state index contributed by atoms with van der Waals surface area (Å²) in [6.45, 7) is 5.91. The number of amides is 1. The fraction of sp³-hybridized carbons (Fsp3) is 0.333. The van der Waals surface area contributed by atoms with E-state index in [9.17, 15) is 18.5 Å². The second kappa shape index (κ2) is 8.74. The van der Waals surface area contributed by atoms with Crippen LogP contribution >= 0.6 is 0 Å². The number of sulfonamides is 1. The first kappa shape index (κ1) is 21.0. The molecule has 2 aromatic rings. The number of hydrogen-bond donors (Lipinski definition) is 2. The van der Waals surface area contributed by atoms with Crippen LogP contribution in [-0.2, 0) is 14.8 Å². The van der Waals surface area contributed by atoms with Gasteiger partial charge in [-0.15, -0.1) is 0 Å². The molecule has 0 bridgehead atoms. The zero-order valence-corrected chi connectivity index (χ0v) is 17.4. The third-order valence-electron chi connectivity index (χ3n) is 5.13. The van der Waals surface area contributed by atoms with Crippen molar-refractivity contribution >= 4 is 21.6 Å². The highest BCUT2D eigenvalue weighted by Crippen LogP contribution is 2.19. The van der Waals surface area contributed by atoms with Crippen molar-refractivity contribution in [2.75, 3.05) is 38.0 Å². The van der Waals surface area contributed by atoms with E-state index >= 15 is 0 Å². The van der Waals surface area contributed by atoms with Crippen LogP contribution in [0, 0.1) is 25.2 Å². The van der Waals surface area contributed by atoms with Crippen LogP contribution in [0.1, 0.15) is 16.7 Å². The molecular formula is C21H25N4O3S+. The Morgan fingerprint density at radius 2 is 1.86 bits per heavy atom. The summed E-state index contributed by atoms with van der Waals surface area (Å²) in [6, 6.07) is 14.1. The molecule has 8 heteroatoms. The maximum atomic E-state index is 12.9. The zero-order valence-electron chi connectivity index (χ0n) is 16.6. The molecule has 0 atom stereocenters. The molecule has 0 unspecified atom stereocenters. The lowest BCUT2D eigenvalue weighted by Gasteiger charge is -2.31. The molecule has 0 aliphatic carbocycles. The van der Waals surface area contributed by atoms with Gasteiger partial charge in [-0.05, 0) is 43.2 Å². The summed E-state index contributed by atoms with van der Waals surface area (Å²) in [5.41, 5.74) is 3.04. The highest BCUT2D eigenvalue weighted by atomic mass is 32.2. The summed E-state index contributed by atoms with van der Waals surface area (Å²) >= 11 is 0. The zero-order chi connectivity index (χ0) is 21.0. The minimum Gasteiger partial charge on any atom is -0.325 e. The van der Waals surface area contributed by atoms with Gasteiger partial charge in [-0.25, -0.2) is 8.42 Å². The third kappa shape index (κ3) is 4.82. The molecule has 0 radical (unpaired) electrons. The Morgan fingerprint density at radius 3 is 2.55 bits per heavy atom. The van der Waals surface area contributed by atoms with Crippen LogP contribution in [0.5, 0.6) is 0 Å². The van der Waals surface area contributed by atoms with Crippen molar-refractivity contribution in [2.45, 2.75) is 18.7 Å². The number of piperazine rings is 1. The van der Waals surface area contributed by atoms with Gasteiger partial charge in [0.1, 0.15) is 6.07 Å². The fourth-order valence-corrected chi connectivity index (χ4v) is 5.02. The monoisotopic (exact) mass is 413 g/mol. The molecule has 0 saturated carbocycles. The van der Waals surface area contributed by atoms with E-state index in [2.05, 4.69) is 5.32 Å². The number of benzene rings is 2. The minimum absolute atomic E-state index is 0.0404. The molecule has 1 heterocycles. The van der Waals surface area contributed by atoms with Crippen molar-refractivity contribution in [3.63, 3.8) is 0 Å². The summed E-state index contributed by atoms with van der Waals surface area (Å²) in [6.07, 6.45) is 0. The molecule has 2 N–H and O–H groups in total. The van der Waals surface area contributed by atoms with Crippen molar-refractivity contribution in [1.29, 1.82) is 5.26 Å². The summed E-state index contributed by atoms with van der Waals surface area (Å²) < 4.78 is 27.2. The fourth-order valence-electron chi connectivity index (χ4n) is 3.43. The number of hydrogen-bond acceptors (Lipinski definition) is 4. The van der Waals surface area contributed by atoms with Crippen molar-refractivity contribution in [2.24, 2.45) is 0 Å². The maximum absolute atomic E-state index is 12.9. The number of carbonyl (C=O) groups excluding carboxylic acids is 1. The molecule has 1 aliphatic heterocycles. The first-order valence-corrected chi connectivity index (χ1v) is 10.9. The molecule has 1 fully saturated rings. The van der Waals surface area contributed by atoms with E-state index in [0.717, 1.165) is 21.7 Å². The summed E-state index contributed by atoms with van der Waals surface area (Å²) in [5, 5.41) is 12.2. The Hall–Kier alpha value is -2.73. The van der Waals surface area contributed by atoms with Gasteiger partial charge in [-0.3, -0.25) is 4.79 Å². The van der Waals surface area contributed by atoms with Gasteiger partial charge in [0.05, 0.1) is 36.6 Å². The van der Waals surface area contributed by atoms with Crippen molar-refractivity contribution in [3.05, 3.63) is 59.2 Å². The molecule has 3 rings (SSSR count). The standard InChI is InChI=1S/C21H24N4O3S/c1-16-7-8-17(2)19(13-16)23-21(26)15-24-9-11-25(12-10-24)29(27,28)20-6-4-3-5-18(20)14-22/h3-8,13H,9-12,15H2,1-2H3,(H,23,26)/p+1. The highest BCUT2D eigenvalue weighted by Gasteiger charge is 2.32. The van der Waals surface area contributed by atoms with Crippen molar-refractivity contribution < 1.29 is 18.1 Å². The first-order chi connectivity index (χ1) is 13.8. The Morgan fingerprint density at radius 1 is 1.17 bits per heavy atom. The van der Waals surface area contributed by atoms with Crippen LogP contribution in [-0.4, -0.2) is 51.4 Å². The topological polar surface area (TPSA) is 94.7 Å². The number of nitriles is 1. The number of rotatable bonds is 5. The molecule has 0 spiro atoms. The van der Waals surface area contributed by atoms with Crippen LogP contribution in [0.4, 0.5) is 5.69 Å². The quantitative estimate of drug-likeness (QED) is 0.755. The van der Waals surface area contributed by atoms with Gasteiger partial charge in [-0.2, -0.15) is 9.57 Å². The predicted octanol–water partition coefficient (Wildman–Crippen LogP) is 0.703. The number of quaternary nitrogens is 1. The van der Waals surface area contributed by atoms with E-state index in [-0.39, 0.29) is 22.9 Å². The third-order valence-corrected chi connectivity index (χ3v) is 7.09. The van der Waals surface area contributed by atoms with Gasteiger partial charge in [0.25, 0.3) is 5.91 Å². The second-order valence-electron chi connectivity index (χ2n) is 7.31. The molecule has 152 valence electrons. The van der Waals surface area contributed by atoms with E-state index in [1.54, 1.807) is 12.1 Å². The highest BCUT2D eigenvalue weighted by molar-refractivity contribution is 7.89. The molecule has 0 aromatic heterocycles. The van der Waals surface area contributed by atoms with Crippen LogP contribution in [0.15, 0.2) is 47.4 Å². The lowest BCUT2D eigenvalue weighted by Crippen LogP contribution is -3.15. The SMILES string of the molecule is Cc1ccc(C)c(NC(=O)C[NH+]2CCN(S(=O)(=O)c3ccccc3C#N)CC2)c1. The Balaban J connectivity index is 1.60. The smallest absolute Gasteiger partial charge is 0.279 e. The average molecular weight is 414 g/mol. The number of nitrogens with one attached hydrogen (secondary N) is 2. The van der Waals surface area contributed by atoms with Crippen molar-refractivity contribution in [3.8, 4) is 6.07 Å². The predicted molar refractivity (Wildman–Crippen MR) is 110 cm³/mol. The summed E-state index contributed by atoms with van der Waals surface area (Å²) in [5.74, 6) is -0.0835. The van der Waals surface area contributed by atoms with E-state index < -0.39 is 10.0 Å². The summed E-state index contributed by atoms with van der Waals surface area (Å²) in [7, 11) is -3.72. The lowest BCUT2D eigenvalue weighted by atomic mass is 10.1. The van der Waals surface area contributed by atoms with Gasteiger partial charge < -0.3 is 10.2 Å². The average Bonchev–Trinajstić information content (AvgIpc) is 2.71. The van der Waals surface area contributed by atoms with Crippen LogP contribution in [0.25, 0.3) is 0 Å². The van der Waals surface area contributed by atoms with Gasteiger partial charge in [0.2, 0.25) is 10.0 Å². The van der Waals surface area contributed by atoms with Gasteiger partial charge in [0, 0.05) is 5.69 Å². The molecule has 1 saturated heterocycles. The van der Waals surface area contributed by atoms with E-state index in [1.165, 1.54) is 16.4 Å². The van der Waals surface area contributed by atoms with Crippen LogP contribution in [0.3, 0.4) is 0 Å². The minimum atomic E-state index is -3.72. The Bertz CT molecular complexity index is 1050. The molecule has 2 aromatic carbocycles. The Labute approximate surface area is 171 Å². The number of aryl methyl sites for hydroxylation is 2. The van der Waals surface area contributed by atoms with Crippen LogP contribution in [0.2, 0.25) is 0 Å². The normalized spacial score (nSPS) is 15.6. The summed E-state index contributed by atoms with van der Waals surface area (Å²) in [4.78, 5) is 13.5. The van der Waals surface area contributed by atoms with Gasteiger partial charge in [0.15, 0.2) is 6.54 Å². The second-order valence-corrected chi connectivity index (χ2v) is 9.21. The van der Waals surface area contributed by atoms with Gasteiger partial charge in [-0.1, -0.05) is 24.3 Å². The van der Waals surface area contributed by atoms with E-state index in [0.29, 0.717) is 26.2 Å². The number of carbonyl (C=O) groups is 1. The maximum Gasteiger partial charge on any atom is 0.279 e. The van der Waals surface area contributed by atoms with Gasteiger partial charge >= 0.3 is 0 Å². The Kier molecular flexibility index (Phi) is 6.33. The van der Waals surface area contributed by atoms with E-state index in [4.69, 9.17) is 0 Å². The molecule has 7 nitrogen and oxygen atoms in total. The first-order valence-electron chi connectivity index (χ1n) is 9.51. The van der Waals surface area contributed by atoms with Crippen LogP contribution < -0.4 is 10.2 Å². The number of anilines is 1. The molecule has 29 heavy (non-hydrogen) atoms. The molecular weight excluding hydrogens is 388 g/mol. The molecule has 1 amide bonds.